The summed E-state index contributed by atoms with van der Waals surface area (Å²) in [5, 5.41) is 0. The molecule has 0 unspecified atom stereocenters. The first-order chi connectivity index (χ1) is 7.09. The van der Waals surface area contributed by atoms with Crippen LogP contribution in [0.4, 0.5) is 4.79 Å². The number of aromatic nitrogens is 1. The van der Waals surface area contributed by atoms with Crippen LogP contribution in [0, 0.1) is 0 Å². The summed E-state index contributed by atoms with van der Waals surface area (Å²) in [5.41, 5.74) is 5.21. The van der Waals surface area contributed by atoms with Gasteiger partial charge in [-0.25, -0.2) is 4.79 Å². The maximum atomic E-state index is 11.5. The van der Waals surface area contributed by atoms with Crippen molar-refractivity contribution in [2.24, 2.45) is 5.73 Å². The Kier molecular flexibility index (Phi) is 2.03. The molecule has 6 nitrogen and oxygen atoms in total. The highest BCUT2D eigenvalue weighted by molar-refractivity contribution is 6.13. The van der Waals surface area contributed by atoms with E-state index in [4.69, 9.17) is 5.73 Å². The third kappa shape index (κ3) is 1.50. The van der Waals surface area contributed by atoms with E-state index in [9.17, 15) is 14.4 Å². The lowest BCUT2D eigenvalue weighted by Gasteiger charge is -2.11. The first kappa shape index (κ1) is 9.45. The van der Waals surface area contributed by atoms with Gasteiger partial charge in [-0.3, -0.25) is 9.59 Å². The van der Waals surface area contributed by atoms with Crippen LogP contribution in [0.1, 0.15) is 33.7 Å². The van der Waals surface area contributed by atoms with Crippen LogP contribution in [0.2, 0.25) is 0 Å². The molecule has 0 aliphatic heterocycles. The number of fused-ring (bicyclic) bond motifs is 1. The van der Waals surface area contributed by atoms with E-state index < -0.39 is 6.09 Å². The molecule has 1 heterocycles. The first-order valence-electron chi connectivity index (χ1n) is 4.35. The van der Waals surface area contributed by atoms with E-state index in [-0.39, 0.29) is 35.7 Å². The second kappa shape index (κ2) is 3.23. The van der Waals surface area contributed by atoms with Crippen molar-refractivity contribution in [1.82, 2.24) is 4.73 Å². The molecule has 0 fully saturated rings. The molecule has 2 N–H and O–H groups in total. The highest BCUT2D eigenvalue weighted by atomic mass is 16.7. The van der Waals surface area contributed by atoms with Gasteiger partial charge in [0.05, 0.1) is 0 Å². The molecule has 78 valence electrons. The molecule has 0 aromatic carbocycles. The third-order valence-electron chi connectivity index (χ3n) is 2.18. The fraction of sp³-hybridized carbons (Fsp3) is 0.222. The lowest BCUT2D eigenvalue weighted by atomic mass is 9.96. The van der Waals surface area contributed by atoms with Gasteiger partial charge in [0.25, 0.3) is 0 Å². The molecule has 0 bridgehead atoms. The minimum absolute atomic E-state index is 0.102. The summed E-state index contributed by atoms with van der Waals surface area (Å²) in [4.78, 5) is 38.0. The lowest BCUT2D eigenvalue weighted by molar-refractivity contribution is 0.0853. The molecular weight excluding hydrogens is 200 g/mol. The molecule has 0 saturated heterocycles. The van der Waals surface area contributed by atoms with E-state index in [1.165, 1.54) is 12.3 Å². The van der Waals surface area contributed by atoms with Gasteiger partial charge in [-0.05, 0) is 6.07 Å². The largest absolute Gasteiger partial charge is 0.429 e. The second-order valence-electron chi connectivity index (χ2n) is 3.16. The maximum absolute atomic E-state index is 11.5. The number of carbonyl (C=O) groups is 3. The summed E-state index contributed by atoms with van der Waals surface area (Å²) in [6.07, 6.45) is 0.639. The molecule has 1 aliphatic rings. The van der Waals surface area contributed by atoms with E-state index in [1.54, 1.807) is 0 Å². The Balaban J connectivity index is 2.47. The Bertz CT molecular complexity index is 461. The standard InChI is InChI=1S/C9H8N2O4/c10-9(14)15-11-4-3-5-6(12)1-2-7(13)8(5)11/h3-4H,1-2H2,(H2,10,14). The van der Waals surface area contributed by atoms with E-state index in [1.807, 2.05) is 0 Å². The number of nitrogens with zero attached hydrogens (tertiary/aromatic N) is 1. The molecule has 0 radical (unpaired) electrons. The molecule has 1 aromatic rings. The van der Waals surface area contributed by atoms with E-state index in [2.05, 4.69) is 4.84 Å². The van der Waals surface area contributed by atoms with Gasteiger partial charge in [0.2, 0.25) is 0 Å². The van der Waals surface area contributed by atoms with Crippen LogP contribution in [0.5, 0.6) is 0 Å². The fourth-order valence-corrected chi connectivity index (χ4v) is 1.57. The minimum atomic E-state index is -1.03. The topological polar surface area (TPSA) is 91.4 Å². The van der Waals surface area contributed by atoms with Gasteiger partial charge in [-0.2, -0.15) is 4.73 Å². The van der Waals surface area contributed by atoms with Crippen molar-refractivity contribution in [3.8, 4) is 0 Å². The van der Waals surface area contributed by atoms with Crippen molar-refractivity contribution in [3.63, 3.8) is 0 Å². The van der Waals surface area contributed by atoms with Crippen molar-refractivity contribution < 1.29 is 19.2 Å². The Morgan fingerprint density at radius 1 is 1.33 bits per heavy atom. The number of carbonyl (C=O) groups excluding carboxylic acids is 3. The monoisotopic (exact) mass is 208 g/mol. The normalized spacial score (nSPS) is 14.9. The molecule has 2 rings (SSSR count). The van der Waals surface area contributed by atoms with Gasteiger partial charge in [0.1, 0.15) is 5.69 Å². The van der Waals surface area contributed by atoms with Crippen LogP contribution in [0.25, 0.3) is 0 Å². The third-order valence-corrected chi connectivity index (χ3v) is 2.18. The number of amides is 1. The molecule has 1 aromatic heterocycles. The van der Waals surface area contributed by atoms with Gasteiger partial charge in [-0.15, -0.1) is 0 Å². The fourth-order valence-electron chi connectivity index (χ4n) is 1.57. The van der Waals surface area contributed by atoms with Crippen LogP contribution >= 0.6 is 0 Å². The van der Waals surface area contributed by atoms with Gasteiger partial charge in [0.15, 0.2) is 11.6 Å². The van der Waals surface area contributed by atoms with Crippen molar-refractivity contribution >= 4 is 17.7 Å². The van der Waals surface area contributed by atoms with Crippen molar-refractivity contribution in [1.29, 1.82) is 0 Å². The van der Waals surface area contributed by atoms with Crippen LogP contribution in [0.3, 0.4) is 0 Å². The predicted molar refractivity (Wildman–Crippen MR) is 48.5 cm³/mol. The number of rotatable bonds is 1. The zero-order valence-electron chi connectivity index (χ0n) is 7.73. The van der Waals surface area contributed by atoms with Crippen LogP contribution in [0.15, 0.2) is 12.3 Å². The van der Waals surface area contributed by atoms with Gasteiger partial charge in [0, 0.05) is 24.6 Å². The molecule has 0 saturated carbocycles. The summed E-state index contributed by atoms with van der Waals surface area (Å²) in [7, 11) is 0. The zero-order chi connectivity index (χ0) is 11.0. The predicted octanol–water partition coefficient (Wildman–Crippen LogP) is 0.155. The van der Waals surface area contributed by atoms with Crippen LogP contribution in [-0.2, 0) is 0 Å². The van der Waals surface area contributed by atoms with Gasteiger partial charge >= 0.3 is 6.09 Å². The Labute approximate surface area is 84.6 Å². The highest BCUT2D eigenvalue weighted by Crippen LogP contribution is 2.21. The smallest absolute Gasteiger partial charge is 0.333 e. The molecule has 0 spiro atoms. The minimum Gasteiger partial charge on any atom is -0.333 e. The average Bonchev–Trinajstić information content (AvgIpc) is 2.56. The number of hydrogen-bond donors (Lipinski definition) is 1. The molecule has 15 heavy (non-hydrogen) atoms. The van der Waals surface area contributed by atoms with Gasteiger partial charge in [-0.1, -0.05) is 0 Å². The van der Waals surface area contributed by atoms with Crippen molar-refractivity contribution in [3.05, 3.63) is 23.5 Å². The number of Topliss-reactive ketones (excluding diaryl/α,β-unsaturated/α-hetero) is 2. The van der Waals surface area contributed by atoms with E-state index in [0.717, 1.165) is 4.73 Å². The Morgan fingerprint density at radius 2 is 2.00 bits per heavy atom. The van der Waals surface area contributed by atoms with Gasteiger partial charge < -0.3 is 10.6 Å². The lowest BCUT2D eigenvalue weighted by Crippen LogP contribution is -2.29. The van der Waals surface area contributed by atoms with Crippen LogP contribution < -0.4 is 10.6 Å². The quantitative estimate of drug-likeness (QED) is 0.711. The average molecular weight is 208 g/mol. The summed E-state index contributed by atoms with van der Waals surface area (Å²) >= 11 is 0. The molecule has 1 aliphatic carbocycles. The summed E-state index contributed by atoms with van der Waals surface area (Å²) < 4.78 is 0.942. The maximum Gasteiger partial charge on any atom is 0.429 e. The van der Waals surface area contributed by atoms with E-state index in [0.29, 0.717) is 0 Å². The van der Waals surface area contributed by atoms with Crippen LogP contribution in [-0.4, -0.2) is 22.4 Å². The highest BCUT2D eigenvalue weighted by Gasteiger charge is 2.28. The Hall–Kier alpha value is -2.11. The molecule has 6 heteroatoms. The number of nitrogens with two attached hydrogens (primary N) is 1. The second-order valence-corrected chi connectivity index (χ2v) is 3.16. The summed E-state index contributed by atoms with van der Waals surface area (Å²) in [6.45, 7) is 0. The summed E-state index contributed by atoms with van der Waals surface area (Å²) in [6, 6.07) is 1.44. The SMILES string of the molecule is NC(=O)On1ccc2c1C(=O)CCC2=O. The Morgan fingerprint density at radius 3 is 2.67 bits per heavy atom. The van der Waals surface area contributed by atoms with E-state index >= 15 is 0 Å². The van der Waals surface area contributed by atoms with Crippen molar-refractivity contribution in [2.75, 3.05) is 0 Å². The molecular formula is C9H8N2O4. The van der Waals surface area contributed by atoms with Crippen molar-refractivity contribution in [2.45, 2.75) is 12.8 Å². The number of ketones is 2. The first-order valence-corrected chi connectivity index (χ1v) is 4.35. The molecule has 1 amide bonds. The molecule has 0 atom stereocenters. The zero-order valence-corrected chi connectivity index (χ0v) is 7.73. The number of primary amides is 1. The number of hydrogen-bond acceptors (Lipinski definition) is 4. The summed E-state index contributed by atoms with van der Waals surface area (Å²) in [5.74, 6) is -0.354.